The molecule has 1 atom stereocenters. The first kappa shape index (κ1) is 16.1. The standard InChI is InChI=1S/C12H15N3O6S/c1-13(10-4-5-22(20,21)8-10)12(17)7-14-6-9(15(18)19)2-3-11(14)16/h2-3,6,10H,4-5,7-8H2,1H3/t10-/m1/s1. The van der Waals surface area contributed by atoms with Gasteiger partial charge in [0.05, 0.1) is 22.6 Å². The molecule has 120 valence electrons. The molecular weight excluding hydrogens is 314 g/mol. The molecule has 1 aromatic heterocycles. The van der Waals surface area contributed by atoms with Crippen molar-refractivity contribution in [2.24, 2.45) is 0 Å². The SMILES string of the molecule is CN(C(=O)Cn1cc([N+](=O)[O-])ccc1=O)[C@@H]1CCS(=O)(=O)C1. The minimum Gasteiger partial charge on any atom is -0.340 e. The third kappa shape index (κ3) is 3.50. The van der Waals surface area contributed by atoms with E-state index >= 15 is 0 Å². The molecule has 0 unspecified atom stereocenters. The number of aromatic nitrogens is 1. The summed E-state index contributed by atoms with van der Waals surface area (Å²) in [6.07, 6.45) is 1.36. The molecule has 1 aliphatic rings. The van der Waals surface area contributed by atoms with Crippen LogP contribution in [0.25, 0.3) is 0 Å². The number of rotatable bonds is 4. The molecule has 9 nitrogen and oxygen atoms in total. The van der Waals surface area contributed by atoms with E-state index < -0.39 is 32.3 Å². The highest BCUT2D eigenvalue weighted by Gasteiger charge is 2.32. The highest BCUT2D eigenvalue weighted by molar-refractivity contribution is 7.91. The van der Waals surface area contributed by atoms with Gasteiger partial charge in [0.25, 0.3) is 11.2 Å². The van der Waals surface area contributed by atoms with Crippen molar-refractivity contribution in [2.45, 2.75) is 19.0 Å². The van der Waals surface area contributed by atoms with Crippen molar-refractivity contribution in [1.29, 1.82) is 0 Å². The molecule has 10 heteroatoms. The lowest BCUT2D eigenvalue weighted by Gasteiger charge is -2.23. The van der Waals surface area contributed by atoms with Gasteiger partial charge in [-0.15, -0.1) is 0 Å². The van der Waals surface area contributed by atoms with E-state index in [1.807, 2.05) is 0 Å². The van der Waals surface area contributed by atoms with E-state index in [1.165, 1.54) is 11.9 Å². The van der Waals surface area contributed by atoms with Gasteiger partial charge >= 0.3 is 0 Å². The molecule has 0 aliphatic carbocycles. The highest BCUT2D eigenvalue weighted by atomic mass is 32.2. The van der Waals surface area contributed by atoms with Gasteiger partial charge in [-0.2, -0.15) is 0 Å². The van der Waals surface area contributed by atoms with Gasteiger partial charge in [0.2, 0.25) is 5.91 Å². The summed E-state index contributed by atoms with van der Waals surface area (Å²) in [5, 5.41) is 10.7. The van der Waals surface area contributed by atoms with Crippen LogP contribution in [-0.4, -0.2) is 53.3 Å². The van der Waals surface area contributed by atoms with Gasteiger partial charge < -0.3 is 4.90 Å². The normalized spacial score (nSPS) is 19.8. The van der Waals surface area contributed by atoms with Crippen LogP contribution in [0.2, 0.25) is 0 Å². The number of nitro groups is 1. The van der Waals surface area contributed by atoms with Gasteiger partial charge in [0.15, 0.2) is 9.84 Å². The zero-order valence-electron chi connectivity index (χ0n) is 11.8. The van der Waals surface area contributed by atoms with Gasteiger partial charge in [-0.25, -0.2) is 8.42 Å². The van der Waals surface area contributed by atoms with Crippen LogP contribution in [0.4, 0.5) is 5.69 Å². The van der Waals surface area contributed by atoms with Crippen LogP contribution in [-0.2, 0) is 21.2 Å². The summed E-state index contributed by atoms with van der Waals surface area (Å²) >= 11 is 0. The third-order valence-electron chi connectivity index (χ3n) is 3.63. The molecule has 1 amide bonds. The Labute approximate surface area is 126 Å². The van der Waals surface area contributed by atoms with E-state index in [2.05, 4.69) is 0 Å². The lowest BCUT2D eigenvalue weighted by Crippen LogP contribution is -2.41. The monoisotopic (exact) mass is 329 g/mol. The molecular formula is C12H15N3O6S. The molecule has 0 spiro atoms. The topological polar surface area (TPSA) is 120 Å². The van der Waals surface area contributed by atoms with E-state index in [1.54, 1.807) is 0 Å². The summed E-state index contributed by atoms with van der Waals surface area (Å²) in [7, 11) is -1.66. The molecule has 0 N–H and O–H groups in total. The van der Waals surface area contributed by atoms with Crippen molar-refractivity contribution in [2.75, 3.05) is 18.6 Å². The van der Waals surface area contributed by atoms with Gasteiger partial charge in [-0.05, 0) is 6.42 Å². The predicted octanol–water partition coefficient (Wildman–Crippen LogP) is -0.598. The Kier molecular flexibility index (Phi) is 4.31. The largest absolute Gasteiger partial charge is 0.340 e. The van der Waals surface area contributed by atoms with Gasteiger partial charge in [0.1, 0.15) is 6.54 Å². The fourth-order valence-corrected chi connectivity index (χ4v) is 4.07. The van der Waals surface area contributed by atoms with Gasteiger partial charge in [0, 0.05) is 25.2 Å². The van der Waals surface area contributed by atoms with Crippen molar-refractivity contribution in [1.82, 2.24) is 9.47 Å². The van der Waals surface area contributed by atoms with Crippen LogP contribution in [0.3, 0.4) is 0 Å². The molecule has 0 saturated carbocycles. The van der Waals surface area contributed by atoms with Crippen LogP contribution in [0.15, 0.2) is 23.1 Å². The van der Waals surface area contributed by atoms with Crippen molar-refractivity contribution in [3.05, 3.63) is 38.8 Å². The number of carbonyl (C=O) groups excluding carboxylic acids is 1. The number of pyridine rings is 1. The fraction of sp³-hybridized carbons (Fsp3) is 0.500. The first-order valence-corrected chi connectivity index (χ1v) is 8.33. The lowest BCUT2D eigenvalue weighted by molar-refractivity contribution is -0.385. The number of likely N-dealkylation sites (N-methyl/N-ethyl adjacent to an activating group) is 1. The number of hydrogen-bond donors (Lipinski definition) is 0. The van der Waals surface area contributed by atoms with Crippen molar-refractivity contribution in [3.8, 4) is 0 Å². The van der Waals surface area contributed by atoms with Gasteiger partial charge in [-0.1, -0.05) is 0 Å². The Balaban J connectivity index is 2.13. The maximum atomic E-state index is 12.1. The quantitative estimate of drug-likeness (QED) is 0.537. The molecule has 1 aliphatic heterocycles. The zero-order chi connectivity index (χ0) is 16.5. The lowest BCUT2D eigenvalue weighted by atomic mass is 10.2. The summed E-state index contributed by atoms with van der Waals surface area (Å²) in [4.78, 5) is 35.1. The predicted molar refractivity (Wildman–Crippen MR) is 77.2 cm³/mol. The highest BCUT2D eigenvalue weighted by Crippen LogP contribution is 2.17. The van der Waals surface area contributed by atoms with E-state index in [4.69, 9.17) is 0 Å². The first-order chi connectivity index (χ1) is 10.2. The Morgan fingerprint density at radius 3 is 2.73 bits per heavy atom. The van der Waals surface area contributed by atoms with Gasteiger partial charge in [-0.3, -0.25) is 24.3 Å². The summed E-state index contributed by atoms with van der Waals surface area (Å²) in [5.74, 6) is -0.532. The molecule has 22 heavy (non-hydrogen) atoms. The van der Waals surface area contributed by atoms with E-state index in [9.17, 15) is 28.1 Å². The van der Waals surface area contributed by atoms with Crippen molar-refractivity contribution in [3.63, 3.8) is 0 Å². The second kappa shape index (κ2) is 5.87. The minimum atomic E-state index is -3.12. The van der Waals surface area contributed by atoms with E-state index in [-0.39, 0.29) is 23.7 Å². The molecule has 1 aromatic rings. The number of carbonyl (C=O) groups is 1. The van der Waals surface area contributed by atoms with Crippen LogP contribution < -0.4 is 5.56 Å². The zero-order valence-corrected chi connectivity index (χ0v) is 12.7. The Morgan fingerprint density at radius 1 is 1.50 bits per heavy atom. The fourth-order valence-electron chi connectivity index (χ4n) is 2.29. The second-order valence-corrected chi connectivity index (χ2v) is 7.40. The van der Waals surface area contributed by atoms with Crippen LogP contribution in [0.5, 0.6) is 0 Å². The molecule has 0 aromatic carbocycles. The maximum absolute atomic E-state index is 12.1. The van der Waals surface area contributed by atoms with E-state index in [0.29, 0.717) is 6.42 Å². The number of sulfone groups is 1. The van der Waals surface area contributed by atoms with Crippen LogP contribution in [0, 0.1) is 10.1 Å². The maximum Gasteiger partial charge on any atom is 0.285 e. The molecule has 2 rings (SSSR count). The summed E-state index contributed by atoms with van der Waals surface area (Å²) < 4.78 is 23.8. The first-order valence-electron chi connectivity index (χ1n) is 6.50. The molecule has 2 heterocycles. The molecule has 0 bridgehead atoms. The van der Waals surface area contributed by atoms with Crippen LogP contribution >= 0.6 is 0 Å². The minimum absolute atomic E-state index is 0.0338. The molecule has 1 fully saturated rings. The van der Waals surface area contributed by atoms with Crippen molar-refractivity contribution >= 4 is 21.4 Å². The Hall–Kier alpha value is -2.23. The summed E-state index contributed by atoms with van der Waals surface area (Å²) in [6.45, 7) is -0.367. The Morgan fingerprint density at radius 2 is 2.18 bits per heavy atom. The van der Waals surface area contributed by atoms with Crippen molar-refractivity contribution < 1.29 is 18.1 Å². The smallest absolute Gasteiger partial charge is 0.285 e. The third-order valence-corrected chi connectivity index (χ3v) is 5.38. The molecule has 0 radical (unpaired) electrons. The number of hydrogen-bond acceptors (Lipinski definition) is 6. The molecule has 1 saturated heterocycles. The average molecular weight is 329 g/mol. The average Bonchev–Trinajstić information content (AvgIpc) is 2.80. The number of amides is 1. The van der Waals surface area contributed by atoms with E-state index in [0.717, 1.165) is 22.9 Å². The second-order valence-electron chi connectivity index (χ2n) is 5.17. The number of nitrogens with zero attached hydrogens (tertiary/aromatic N) is 3. The summed E-state index contributed by atoms with van der Waals surface area (Å²) in [5.41, 5.74) is -0.829. The summed E-state index contributed by atoms with van der Waals surface area (Å²) in [6, 6.07) is 1.66. The Bertz CT molecular complexity index is 769. The van der Waals surface area contributed by atoms with Crippen LogP contribution in [0.1, 0.15) is 6.42 Å².